The summed E-state index contributed by atoms with van der Waals surface area (Å²) in [6, 6.07) is 16.2. The van der Waals surface area contributed by atoms with Crippen LogP contribution in [-0.2, 0) is 9.59 Å². The normalized spacial score (nSPS) is 10.7. The SMILES string of the molecule is O=C(Nc1ccc(F)cc1)C(=O)Nn1c(C(=O)Nc2ccc(Cl)c(Cl)c2)cc2cc(Br)ccc21. The number of anilines is 2. The van der Waals surface area contributed by atoms with Crippen LogP contribution in [0.25, 0.3) is 10.9 Å². The maximum Gasteiger partial charge on any atom is 0.328 e. The predicted octanol–water partition coefficient (Wildman–Crippen LogP) is 5.81. The van der Waals surface area contributed by atoms with Crippen LogP contribution in [-0.4, -0.2) is 22.4 Å². The van der Waals surface area contributed by atoms with Crippen molar-refractivity contribution in [2.45, 2.75) is 0 Å². The molecule has 1 heterocycles. The number of nitrogens with one attached hydrogen (secondary N) is 3. The van der Waals surface area contributed by atoms with Crippen LogP contribution in [0, 0.1) is 5.82 Å². The molecule has 172 valence electrons. The molecule has 0 fully saturated rings. The summed E-state index contributed by atoms with van der Waals surface area (Å²) in [5.41, 5.74) is 3.60. The first-order valence-corrected chi connectivity index (χ1v) is 11.2. The summed E-state index contributed by atoms with van der Waals surface area (Å²) in [4.78, 5) is 38.1. The van der Waals surface area contributed by atoms with Crippen LogP contribution in [0.2, 0.25) is 10.0 Å². The van der Waals surface area contributed by atoms with Crippen LogP contribution in [0.3, 0.4) is 0 Å². The molecule has 0 atom stereocenters. The average Bonchev–Trinajstić information content (AvgIpc) is 3.15. The average molecular weight is 564 g/mol. The van der Waals surface area contributed by atoms with E-state index in [-0.39, 0.29) is 16.4 Å². The zero-order valence-electron chi connectivity index (χ0n) is 17.0. The van der Waals surface area contributed by atoms with E-state index >= 15 is 0 Å². The van der Waals surface area contributed by atoms with Gasteiger partial charge in [0.1, 0.15) is 11.5 Å². The number of carbonyl (C=O) groups excluding carboxylic acids is 3. The molecule has 0 bridgehead atoms. The zero-order chi connectivity index (χ0) is 24.4. The van der Waals surface area contributed by atoms with Crippen LogP contribution in [0.1, 0.15) is 10.5 Å². The fraction of sp³-hybridized carbons (Fsp3) is 0. The Labute approximate surface area is 210 Å². The Morgan fingerprint density at radius 1 is 0.794 bits per heavy atom. The maximum absolute atomic E-state index is 13.1. The van der Waals surface area contributed by atoms with Crippen LogP contribution >= 0.6 is 39.1 Å². The van der Waals surface area contributed by atoms with Gasteiger partial charge in [-0.25, -0.2) is 9.07 Å². The van der Waals surface area contributed by atoms with Gasteiger partial charge in [-0.2, -0.15) is 0 Å². The predicted molar refractivity (Wildman–Crippen MR) is 133 cm³/mol. The van der Waals surface area contributed by atoms with Gasteiger partial charge in [0, 0.05) is 21.2 Å². The number of aromatic nitrogens is 1. The van der Waals surface area contributed by atoms with E-state index in [2.05, 4.69) is 32.0 Å². The van der Waals surface area contributed by atoms with Gasteiger partial charge in [0.15, 0.2) is 0 Å². The second-order valence-electron chi connectivity index (χ2n) is 7.05. The second kappa shape index (κ2) is 9.84. The number of nitrogens with zero attached hydrogens (tertiary/aromatic N) is 1. The fourth-order valence-electron chi connectivity index (χ4n) is 3.12. The lowest BCUT2D eigenvalue weighted by atomic mass is 10.2. The van der Waals surface area contributed by atoms with Crippen molar-refractivity contribution in [1.29, 1.82) is 0 Å². The summed E-state index contributed by atoms with van der Waals surface area (Å²) >= 11 is 15.3. The van der Waals surface area contributed by atoms with E-state index in [1.807, 2.05) is 0 Å². The third-order valence-corrected chi connectivity index (χ3v) is 5.93. The molecule has 0 saturated heterocycles. The van der Waals surface area contributed by atoms with Crippen molar-refractivity contribution in [3.05, 3.63) is 92.8 Å². The number of halogens is 4. The highest BCUT2D eigenvalue weighted by Crippen LogP contribution is 2.27. The highest BCUT2D eigenvalue weighted by atomic mass is 79.9. The quantitative estimate of drug-likeness (QED) is 0.274. The largest absolute Gasteiger partial charge is 0.328 e. The summed E-state index contributed by atoms with van der Waals surface area (Å²) in [5.74, 6) is -3.08. The molecular weight excluding hydrogens is 550 g/mol. The van der Waals surface area contributed by atoms with Crippen molar-refractivity contribution in [3.8, 4) is 0 Å². The van der Waals surface area contributed by atoms with Gasteiger partial charge in [-0.3, -0.25) is 19.8 Å². The van der Waals surface area contributed by atoms with E-state index in [0.29, 0.717) is 21.6 Å². The van der Waals surface area contributed by atoms with Crippen molar-refractivity contribution in [1.82, 2.24) is 4.68 Å². The highest BCUT2D eigenvalue weighted by molar-refractivity contribution is 9.10. The zero-order valence-corrected chi connectivity index (χ0v) is 20.1. The Hall–Kier alpha value is -3.40. The van der Waals surface area contributed by atoms with Crippen LogP contribution in [0.5, 0.6) is 0 Å². The molecule has 0 aliphatic heterocycles. The van der Waals surface area contributed by atoms with E-state index in [9.17, 15) is 18.8 Å². The van der Waals surface area contributed by atoms with Gasteiger partial charge in [-0.1, -0.05) is 39.1 Å². The van der Waals surface area contributed by atoms with E-state index < -0.39 is 23.5 Å². The van der Waals surface area contributed by atoms with Gasteiger partial charge < -0.3 is 10.6 Å². The van der Waals surface area contributed by atoms with Crippen molar-refractivity contribution in [3.63, 3.8) is 0 Å². The second-order valence-corrected chi connectivity index (χ2v) is 8.78. The van der Waals surface area contributed by atoms with Crippen LogP contribution < -0.4 is 16.1 Å². The minimum Gasteiger partial charge on any atom is -0.321 e. The lowest BCUT2D eigenvalue weighted by Crippen LogP contribution is -2.36. The summed E-state index contributed by atoms with van der Waals surface area (Å²) in [6.07, 6.45) is 0. The lowest BCUT2D eigenvalue weighted by Gasteiger charge is -2.13. The molecule has 4 aromatic rings. The Morgan fingerprint density at radius 3 is 2.21 bits per heavy atom. The van der Waals surface area contributed by atoms with E-state index in [1.54, 1.807) is 30.3 Å². The molecule has 34 heavy (non-hydrogen) atoms. The number of fused-ring (bicyclic) bond motifs is 1. The molecule has 3 N–H and O–H groups in total. The van der Waals surface area contributed by atoms with Gasteiger partial charge in [0.05, 0.1) is 15.6 Å². The molecule has 0 aliphatic carbocycles. The number of benzene rings is 3. The van der Waals surface area contributed by atoms with Crippen molar-refractivity contribution < 1.29 is 18.8 Å². The summed E-state index contributed by atoms with van der Waals surface area (Å²) in [6.45, 7) is 0. The summed E-state index contributed by atoms with van der Waals surface area (Å²) in [5, 5.41) is 6.28. The van der Waals surface area contributed by atoms with Crippen LogP contribution in [0.4, 0.5) is 15.8 Å². The van der Waals surface area contributed by atoms with Crippen LogP contribution in [0.15, 0.2) is 71.2 Å². The molecule has 0 unspecified atom stereocenters. The molecule has 0 saturated carbocycles. The molecular formula is C23H14BrCl2FN4O3. The topological polar surface area (TPSA) is 92.2 Å². The maximum atomic E-state index is 13.1. The number of rotatable bonds is 4. The molecule has 7 nitrogen and oxygen atoms in total. The van der Waals surface area contributed by atoms with Crippen molar-refractivity contribution in [2.24, 2.45) is 0 Å². The third kappa shape index (κ3) is 5.22. The summed E-state index contributed by atoms with van der Waals surface area (Å²) < 4.78 is 15.0. The molecule has 11 heteroatoms. The Morgan fingerprint density at radius 2 is 1.50 bits per heavy atom. The van der Waals surface area contributed by atoms with Gasteiger partial charge >= 0.3 is 11.8 Å². The van der Waals surface area contributed by atoms with Crippen molar-refractivity contribution in [2.75, 3.05) is 16.1 Å². The van der Waals surface area contributed by atoms with Gasteiger partial charge in [-0.15, -0.1) is 0 Å². The Bertz CT molecular complexity index is 1440. The first-order chi connectivity index (χ1) is 16.2. The lowest BCUT2D eigenvalue weighted by molar-refractivity contribution is -0.133. The van der Waals surface area contributed by atoms with E-state index in [0.717, 1.165) is 16.6 Å². The van der Waals surface area contributed by atoms with E-state index in [4.69, 9.17) is 23.2 Å². The molecule has 0 radical (unpaired) electrons. The number of hydrogen-bond acceptors (Lipinski definition) is 3. The molecule has 3 amide bonds. The van der Waals surface area contributed by atoms with Gasteiger partial charge in [-0.05, 0) is 66.7 Å². The highest BCUT2D eigenvalue weighted by Gasteiger charge is 2.21. The number of amides is 3. The van der Waals surface area contributed by atoms with Gasteiger partial charge in [0.2, 0.25) is 0 Å². The van der Waals surface area contributed by atoms with Crippen molar-refractivity contribution >= 4 is 79.1 Å². The fourth-order valence-corrected chi connectivity index (χ4v) is 3.79. The first kappa shape index (κ1) is 23.7. The molecule has 0 spiro atoms. The molecule has 3 aromatic carbocycles. The number of carbonyl (C=O) groups is 3. The number of hydrogen-bond donors (Lipinski definition) is 3. The minimum atomic E-state index is -1.03. The molecule has 0 aliphatic rings. The summed E-state index contributed by atoms with van der Waals surface area (Å²) in [7, 11) is 0. The van der Waals surface area contributed by atoms with Gasteiger partial charge in [0.25, 0.3) is 5.91 Å². The Kier molecular flexibility index (Phi) is 6.87. The molecule has 4 rings (SSSR count). The Balaban J connectivity index is 1.62. The smallest absolute Gasteiger partial charge is 0.321 e. The minimum absolute atomic E-state index is 0.0575. The molecule has 1 aromatic heterocycles. The standard InChI is InChI=1S/C23H14BrCl2FN4O3/c24-13-1-8-19-12(9-13)10-20(21(32)29-16-6-7-17(25)18(26)11-16)31(19)30-23(34)22(33)28-15-4-2-14(27)3-5-15/h1-11H,(H,28,33)(H,29,32)(H,30,34). The van der Waals surface area contributed by atoms with E-state index in [1.165, 1.54) is 28.9 Å². The first-order valence-electron chi connectivity index (χ1n) is 9.66. The monoisotopic (exact) mass is 562 g/mol. The third-order valence-electron chi connectivity index (χ3n) is 4.70.